The van der Waals surface area contributed by atoms with Crippen LogP contribution in [0, 0.1) is 5.41 Å². The van der Waals surface area contributed by atoms with E-state index in [4.69, 9.17) is 5.73 Å². The Kier molecular flexibility index (Phi) is 6.66. The van der Waals surface area contributed by atoms with E-state index in [-0.39, 0.29) is 0 Å². The van der Waals surface area contributed by atoms with Gasteiger partial charge in [-0.15, -0.1) is 11.3 Å². The lowest BCUT2D eigenvalue weighted by Gasteiger charge is -2.23. The van der Waals surface area contributed by atoms with Gasteiger partial charge in [0.25, 0.3) is 0 Å². The molecule has 2 aromatic rings. The largest absolute Gasteiger partial charge is 0.330 e. The highest BCUT2D eigenvalue weighted by atomic mass is 32.1. The third-order valence-electron chi connectivity index (χ3n) is 4.32. The van der Waals surface area contributed by atoms with E-state index in [1.54, 1.807) is 0 Å². The second-order valence-electron chi connectivity index (χ2n) is 6.91. The van der Waals surface area contributed by atoms with Crippen molar-refractivity contribution in [3.63, 3.8) is 0 Å². The van der Waals surface area contributed by atoms with Crippen LogP contribution >= 0.6 is 11.3 Å². The first kappa shape index (κ1) is 17.2. The van der Waals surface area contributed by atoms with E-state index in [1.165, 1.54) is 47.4 Å². The van der Waals surface area contributed by atoms with Gasteiger partial charge in [-0.25, -0.2) is 0 Å². The number of hydrogen-bond acceptors (Lipinski definition) is 2. The predicted octanol–water partition coefficient (Wildman–Crippen LogP) is 5.23. The van der Waals surface area contributed by atoms with E-state index in [0.29, 0.717) is 5.41 Å². The molecule has 1 heterocycles. The normalized spacial score (nSPS) is 11.8. The van der Waals surface area contributed by atoms with E-state index < -0.39 is 0 Å². The second-order valence-corrected chi connectivity index (χ2v) is 8.16. The lowest BCUT2D eigenvalue weighted by Crippen LogP contribution is -2.17. The lowest BCUT2D eigenvalue weighted by atomic mass is 9.84. The Morgan fingerprint density at radius 3 is 2.23 bits per heavy atom. The first-order chi connectivity index (χ1) is 10.6. The molecule has 0 saturated heterocycles. The molecule has 1 aromatic carbocycles. The van der Waals surface area contributed by atoms with Gasteiger partial charge in [-0.05, 0) is 68.2 Å². The fraction of sp³-hybridized carbons (Fsp3) is 0.500. The van der Waals surface area contributed by atoms with Crippen molar-refractivity contribution in [2.75, 3.05) is 6.54 Å². The summed E-state index contributed by atoms with van der Waals surface area (Å²) in [6, 6.07) is 15.4. The zero-order chi connectivity index (χ0) is 15.8. The summed E-state index contributed by atoms with van der Waals surface area (Å²) in [6.45, 7) is 5.45. The fourth-order valence-corrected chi connectivity index (χ4v) is 3.84. The Labute approximate surface area is 139 Å². The number of aryl methyl sites for hydroxylation is 3. The van der Waals surface area contributed by atoms with Crippen LogP contribution in [0.4, 0.5) is 0 Å². The molecule has 0 saturated carbocycles. The highest BCUT2D eigenvalue weighted by Crippen LogP contribution is 2.28. The van der Waals surface area contributed by atoms with Gasteiger partial charge in [-0.1, -0.05) is 44.2 Å². The number of thiophene rings is 1. The molecule has 0 spiro atoms. The topological polar surface area (TPSA) is 26.0 Å². The summed E-state index contributed by atoms with van der Waals surface area (Å²) in [5.41, 5.74) is 7.51. The molecule has 22 heavy (non-hydrogen) atoms. The third kappa shape index (κ3) is 5.94. The molecule has 2 rings (SSSR count). The van der Waals surface area contributed by atoms with E-state index >= 15 is 0 Å². The van der Waals surface area contributed by atoms with Crippen molar-refractivity contribution in [2.24, 2.45) is 11.1 Å². The van der Waals surface area contributed by atoms with Crippen LogP contribution < -0.4 is 5.73 Å². The fourth-order valence-electron chi connectivity index (χ4n) is 2.78. The highest BCUT2D eigenvalue weighted by molar-refractivity contribution is 7.11. The van der Waals surface area contributed by atoms with Crippen molar-refractivity contribution >= 4 is 11.3 Å². The van der Waals surface area contributed by atoms with Gasteiger partial charge in [0.15, 0.2) is 0 Å². The maximum absolute atomic E-state index is 5.69. The maximum atomic E-state index is 5.69. The SMILES string of the molecule is CC(C)(CCN)CCc1ccc(CCCc2ccccc2)s1. The molecule has 0 aliphatic carbocycles. The summed E-state index contributed by atoms with van der Waals surface area (Å²) < 4.78 is 0. The number of hydrogen-bond donors (Lipinski definition) is 1. The van der Waals surface area contributed by atoms with Gasteiger partial charge in [0.05, 0.1) is 0 Å². The molecule has 0 aliphatic rings. The quantitative estimate of drug-likeness (QED) is 0.673. The minimum absolute atomic E-state index is 0.367. The summed E-state index contributed by atoms with van der Waals surface area (Å²) in [6.07, 6.45) is 7.15. The first-order valence-corrected chi connectivity index (χ1v) is 9.22. The number of nitrogens with two attached hydrogens (primary N) is 1. The second kappa shape index (κ2) is 8.50. The smallest absolute Gasteiger partial charge is 0.00483 e. The molecule has 0 radical (unpaired) electrons. The molecule has 2 heteroatoms. The minimum Gasteiger partial charge on any atom is -0.330 e. The Balaban J connectivity index is 1.74. The van der Waals surface area contributed by atoms with Crippen molar-refractivity contribution in [2.45, 2.75) is 52.4 Å². The average molecular weight is 316 g/mol. The summed E-state index contributed by atoms with van der Waals surface area (Å²) in [5.74, 6) is 0. The molecular formula is C20H29NS. The Morgan fingerprint density at radius 2 is 1.55 bits per heavy atom. The zero-order valence-corrected chi connectivity index (χ0v) is 14.8. The van der Waals surface area contributed by atoms with Crippen LogP contribution in [-0.4, -0.2) is 6.54 Å². The van der Waals surface area contributed by atoms with Crippen molar-refractivity contribution < 1.29 is 0 Å². The van der Waals surface area contributed by atoms with Gasteiger partial charge in [0, 0.05) is 9.75 Å². The Bertz CT molecular complexity index is 542. The van der Waals surface area contributed by atoms with Crippen molar-refractivity contribution in [3.8, 4) is 0 Å². The Hall–Kier alpha value is -1.12. The standard InChI is InChI=1S/C20H29NS/c1-20(2,15-16-21)14-13-19-12-11-18(22-19)10-6-9-17-7-4-3-5-8-17/h3-5,7-8,11-12H,6,9-10,13-16,21H2,1-2H3. The third-order valence-corrected chi connectivity index (χ3v) is 5.52. The maximum Gasteiger partial charge on any atom is 0.00483 e. The number of rotatable bonds is 9. The first-order valence-electron chi connectivity index (χ1n) is 8.41. The van der Waals surface area contributed by atoms with Crippen molar-refractivity contribution in [1.29, 1.82) is 0 Å². The summed E-state index contributed by atoms with van der Waals surface area (Å²) >= 11 is 2.00. The molecule has 120 valence electrons. The van der Waals surface area contributed by atoms with Crippen LogP contribution in [0.1, 0.15) is 48.4 Å². The highest BCUT2D eigenvalue weighted by Gasteiger charge is 2.16. The van der Waals surface area contributed by atoms with Crippen LogP contribution in [0.15, 0.2) is 42.5 Å². The lowest BCUT2D eigenvalue weighted by molar-refractivity contribution is 0.314. The Morgan fingerprint density at radius 1 is 0.864 bits per heavy atom. The zero-order valence-electron chi connectivity index (χ0n) is 14.0. The van der Waals surface area contributed by atoms with Gasteiger partial charge in [-0.2, -0.15) is 0 Å². The van der Waals surface area contributed by atoms with E-state index in [1.807, 2.05) is 11.3 Å². The average Bonchev–Trinajstić information content (AvgIpc) is 2.94. The van der Waals surface area contributed by atoms with E-state index in [9.17, 15) is 0 Å². The van der Waals surface area contributed by atoms with Gasteiger partial charge in [0.1, 0.15) is 0 Å². The van der Waals surface area contributed by atoms with Gasteiger partial charge in [0.2, 0.25) is 0 Å². The molecule has 0 unspecified atom stereocenters. The molecule has 0 bridgehead atoms. The summed E-state index contributed by atoms with van der Waals surface area (Å²) in [5, 5.41) is 0. The van der Waals surface area contributed by atoms with Crippen molar-refractivity contribution in [1.82, 2.24) is 0 Å². The summed E-state index contributed by atoms with van der Waals surface area (Å²) in [4.78, 5) is 3.06. The molecule has 0 fully saturated rings. The molecule has 2 N–H and O–H groups in total. The van der Waals surface area contributed by atoms with Gasteiger partial charge < -0.3 is 5.73 Å². The van der Waals surface area contributed by atoms with E-state index in [2.05, 4.69) is 56.3 Å². The van der Waals surface area contributed by atoms with Crippen LogP contribution in [-0.2, 0) is 19.3 Å². The van der Waals surface area contributed by atoms with Gasteiger partial charge in [-0.3, -0.25) is 0 Å². The van der Waals surface area contributed by atoms with Crippen LogP contribution in [0.25, 0.3) is 0 Å². The van der Waals surface area contributed by atoms with E-state index in [0.717, 1.165) is 13.0 Å². The molecule has 1 nitrogen and oxygen atoms in total. The molecule has 0 amide bonds. The predicted molar refractivity (Wildman–Crippen MR) is 98.6 cm³/mol. The molecule has 1 aromatic heterocycles. The molecule has 0 atom stereocenters. The minimum atomic E-state index is 0.367. The molecule has 0 aliphatic heterocycles. The van der Waals surface area contributed by atoms with Crippen molar-refractivity contribution in [3.05, 3.63) is 57.8 Å². The molecular weight excluding hydrogens is 286 g/mol. The monoisotopic (exact) mass is 315 g/mol. The van der Waals surface area contributed by atoms with Crippen LogP contribution in [0.2, 0.25) is 0 Å². The number of benzene rings is 1. The van der Waals surface area contributed by atoms with Crippen LogP contribution in [0.5, 0.6) is 0 Å². The summed E-state index contributed by atoms with van der Waals surface area (Å²) in [7, 11) is 0. The van der Waals surface area contributed by atoms with Gasteiger partial charge >= 0.3 is 0 Å². The van der Waals surface area contributed by atoms with Crippen LogP contribution in [0.3, 0.4) is 0 Å².